The van der Waals surface area contributed by atoms with Crippen LogP contribution < -0.4 is 0 Å². The molecule has 1 aromatic heterocycles. The van der Waals surface area contributed by atoms with Crippen molar-refractivity contribution in [2.45, 2.75) is 13.8 Å². The maximum Gasteiger partial charge on any atom is 0.291 e. The quantitative estimate of drug-likeness (QED) is 0.752. The van der Waals surface area contributed by atoms with Crippen molar-refractivity contribution in [2.75, 3.05) is 32.1 Å². The van der Waals surface area contributed by atoms with Crippen LogP contribution in [-0.4, -0.2) is 47.9 Å². The molecule has 1 heterocycles. The van der Waals surface area contributed by atoms with E-state index in [0.29, 0.717) is 42.4 Å². The van der Waals surface area contributed by atoms with Crippen molar-refractivity contribution in [3.05, 3.63) is 17.3 Å². The van der Waals surface area contributed by atoms with E-state index in [1.807, 2.05) is 0 Å². The van der Waals surface area contributed by atoms with E-state index in [4.69, 9.17) is 9.15 Å². The molecule has 17 heavy (non-hydrogen) atoms. The molecule has 6 heteroatoms. The van der Waals surface area contributed by atoms with Crippen molar-refractivity contribution in [2.24, 2.45) is 0 Å². The van der Waals surface area contributed by atoms with Gasteiger partial charge in [-0.3, -0.25) is 4.79 Å². The summed E-state index contributed by atoms with van der Waals surface area (Å²) in [5.74, 6) is 0.690. The minimum absolute atomic E-state index is 0.139. The lowest BCUT2D eigenvalue weighted by Crippen LogP contribution is -2.35. The van der Waals surface area contributed by atoms with Crippen LogP contribution in [-0.2, 0) is 4.74 Å². The van der Waals surface area contributed by atoms with Crippen molar-refractivity contribution in [1.82, 2.24) is 9.88 Å². The van der Waals surface area contributed by atoms with Crippen LogP contribution >= 0.6 is 15.9 Å². The first kappa shape index (κ1) is 14.2. The van der Waals surface area contributed by atoms with E-state index in [2.05, 4.69) is 20.9 Å². The molecule has 0 saturated heterocycles. The van der Waals surface area contributed by atoms with E-state index >= 15 is 0 Å². The molecule has 0 unspecified atom stereocenters. The number of hydrogen-bond acceptors (Lipinski definition) is 4. The van der Waals surface area contributed by atoms with E-state index in [-0.39, 0.29) is 5.91 Å². The number of carbonyl (C=O) groups is 1. The second-order valence-corrected chi connectivity index (χ2v) is 4.41. The summed E-state index contributed by atoms with van der Waals surface area (Å²) in [6.45, 7) is 5.16. The third-order valence-electron chi connectivity index (χ3n) is 2.30. The Morgan fingerprint density at radius 2 is 2.18 bits per heavy atom. The topological polar surface area (TPSA) is 55.6 Å². The zero-order chi connectivity index (χ0) is 12.8. The molecular formula is C11H17BrN2O3. The number of ether oxygens (including phenoxy) is 1. The van der Waals surface area contributed by atoms with Gasteiger partial charge in [-0.25, -0.2) is 4.98 Å². The number of amides is 1. The molecule has 0 fully saturated rings. The Hall–Kier alpha value is -0.880. The lowest BCUT2D eigenvalue weighted by Gasteiger charge is -2.20. The van der Waals surface area contributed by atoms with Crippen molar-refractivity contribution in [1.29, 1.82) is 0 Å². The SMILES string of the molecule is COCCN(CCBr)C(=O)c1oc(C)nc1C. The number of alkyl halides is 1. The van der Waals surface area contributed by atoms with Gasteiger partial charge in [0.25, 0.3) is 5.91 Å². The van der Waals surface area contributed by atoms with Gasteiger partial charge in [-0.2, -0.15) is 0 Å². The third-order valence-corrected chi connectivity index (χ3v) is 2.66. The summed E-state index contributed by atoms with van der Waals surface area (Å²) in [6.07, 6.45) is 0. The minimum Gasteiger partial charge on any atom is -0.436 e. The highest BCUT2D eigenvalue weighted by molar-refractivity contribution is 9.09. The molecule has 0 saturated carbocycles. The summed E-state index contributed by atoms with van der Waals surface area (Å²) in [6, 6.07) is 0. The fourth-order valence-electron chi connectivity index (χ4n) is 1.49. The highest BCUT2D eigenvalue weighted by atomic mass is 79.9. The summed E-state index contributed by atoms with van der Waals surface area (Å²) in [4.78, 5) is 18.0. The van der Waals surface area contributed by atoms with Gasteiger partial charge in [0.1, 0.15) is 0 Å². The number of halogens is 1. The third kappa shape index (κ3) is 3.81. The molecule has 96 valence electrons. The number of aryl methyl sites for hydroxylation is 2. The molecule has 0 aromatic carbocycles. The Kier molecular flexibility index (Phi) is 5.64. The number of rotatable bonds is 6. The molecule has 1 rings (SSSR count). The van der Waals surface area contributed by atoms with Gasteiger partial charge < -0.3 is 14.1 Å². The van der Waals surface area contributed by atoms with Crippen LogP contribution in [0.2, 0.25) is 0 Å². The maximum absolute atomic E-state index is 12.2. The molecule has 0 spiro atoms. The Morgan fingerprint density at radius 1 is 1.47 bits per heavy atom. The van der Waals surface area contributed by atoms with E-state index in [9.17, 15) is 4.79 Å². The molecule has 0 aliphatic carbocycles. The van der Waals surface area contributed by atoms with Crippen LogP contribution in [0.1, 0.15) is 22.1 Å². The number of aromatic nitrogens is 1. The van der Waals surface area contributed by atoms with Gasteiger partial charge in [0.15, 0.2) is 5.89 Å². The van der Waals surface area contributed by atoms with Crippen molar-refractivity contribution in [3.8, 4) is 0 Å². The summed E-state index contributed by atoms with van der Waals surface area (Å²) in [5.41, 5.74) is 0.629. The molecular weight excluding hydrogens is 288 g/mol. The van der Waals surface area contributed by atoms with Crippen molar-refractivity contribution in [3.63, 3.8) is 0 Å². The molecule has 1 aromatic rings. The predicted molar refractivity (Wildman–Crippen MR) is 67.6 cm³/mol. The van der Waals surface area contributed by atoms with E-state index in [1.165, 1.54) is 0 Å². The van der Waals surface area contributed by atoms with Gasteiger partial charge in [-0.1, -0.05) is 15.9 Å². The average Bonchev–Trinajstić information content (AvgIpc) is 2.63. The van der Waals surface area contributed by atoms with Gasteiger partial charge in [-0.15, -0.1) is 0 Å². The first-order valence-electron chi connectivity index (χ1n) is 5.38. The van der Waals surface area contributed by atoms with E-state index < -0.39 is 0 Å². The van der Waals surface area contributed by atoms with Gasteiger partial charge >= 0.3 is 0 Å². The van der Waals surface area contributed by atoms with E-state index in [0.717, 1.165) is 0 Å². The number of carbonyl (C=O) groups excluding carboxylic acids is 1. The van der Waals surface area contributed by atoms with Gasteiger partial charge in [0.2, 0.25) is 5.76 Å². The van der Waals surface area contributed by atoms with Gasteiger partial charge in [0, 0.05) is 32.5 Å². The molecule has 1 amide bonds. The Labute approximate surface area is 109 Å². The zero-order valence-corrected chi connectivity index (χ0v) is 11.9. The van der Waals surface area contributed by atoms with Crippen LogP contribution in [0.4, 0.5) is 0 Å². The van der Waals surface area contributed by atoms with Gasteiger partial charge in [0.05, 0.1) is 12.3 Å². The van der Waals surface area contributed by atoms with Crippen molar-refractivity contribution >= 4 is 21.8 Å². The molecule has 0 radical (unpaired) electrons. The Morgan fingerprint density at radius 3 is 2.65 bits per heavy atom. The molecule has 0 atom stereocenters. The Balaban J connectivity index is 2.79. The summed E-state index contributed by atoms with van der Waals surface area (Å²) in [5, 5.41) is 0.717. The maximum atomic E-state index is 12.2. The Bertz CT molecular complexity index is 379. The normalized spacial score (nSPS) is 10.6. The highest BCUT2D eigenvalue weighted by Gasteiger charge is 2.21. The lowest BCUT2D eigenvalue weighted by molar-refractivity contribution is 0.0675. The number of methoxy groups -OCH3 is 1. The molecule has 0 aliphatic rings. The van der Waals surface area contributed by atoms with Crippen LogP contribution in [0.15, 0.2) is 4.42 Å². The first-order valence-corrected chi connectivity index (χ1v) is 6.50. The van der Waals surface area contributed by atoms with Gasteiger partial charge in [-0.05, 0) is 6.92 Å². The number of hydrogen-bond donors (Lipinski definition) is 0. The zero-order valence-electron chi connectivity index (χ0n) is 10.3. The second-order valence-electron chi connectivity index (χ2n) is 3.62. The second kappa shape index (κ2) is 6.76. The van der Waals surface area contributed by atoms with E-state index in [1.54, 1.807) is 25.9 Å². The van der Waals surface area contributed by atoms with Crippen LogP contribution in [0.3, 0.4) is 0 Å². The van der Waals surface area contributed by atoms with Crippen LogP contribution in [0.25, 0.3) is 0 Å². The lowest BCUT2D eigenvalue weighted by atomic mass is 10.3. The standard InChI is InChI=1S/C11H17BrN2O3/c1-8-10(17-9(2)13-8)11(15)14(5-4-12)6-7-16-3/h4-7H2,1-3H3. The average molecular weight is 305 g/mol. The van der Waals surface area contributed by atoms with Crippen LogP contribution in [0, 0.1) is 13.8 Å². The minimum atomic E-state index is -0.139. The van der Waals surface area contributed by atoms with Crippen LogP contribution in [0.5, 0.6) is 0 Å². The van der Waals surface area contributed by atoms with Crippen molar-refractivity contribution < 1.29 is 13.9 Å². The first-order chi connectivity index (χ1) is 8.10. The number of nitrogens with zero attached hydrogens (tertiary/aromatic N) is 2. The fraction of sp³-hybridized carbons (Fsp3) is 0.636. The largest absolute Gasteiger partial charge is 0.436 e. The summed E-state index contributed by atoms with van der Waals surface area (Å²) < 4.78 is 10.3. The summed E-state index contributed by atoms with van der Waals surface area (Å²) in [7, 11) is 1.61. The molecule has 0 aliphatic heterocycles. The highest BCUT2D eigenvalue weighted by Crippen LogP contribution is 2.12. The molecule has 0 N–H and O–H groups in total. The fourth-order valence-corrected chi connectivity index (χ4v) is 1.92. The predicted octanol–water partition coefficient (Wildman–Crippen LogP) is 1.77. The smallest absolute Gasteiger partial charge is 0.291 e. The number of oxazole rings is 1. The molecule has 5 nitrogen and oxygen atoms in total. The monoisotopic (exact) mass is 304 g/mol. The molecule has 0 bridgehead atoms. The summed E-state index contributed by atoms with van der Waals surface area (Å²) >= 11 is 3.33.